The first-order valence-corrected chi connectivity index (χ1v) is 8.33. The van der Waals surface area contributed by atoms with E-state index in [9.17, 15) is 4.79 Å². The summed E-state index contributed by atoms with van der Waals surface area (Å²) in [7, 11) is 0. The highest BCUT2D eigenvalue weighted by Crippen LogP contribution is 2.29. The molecular weight excluding hydrogens is 284 g/mol. The van der Waals surface area contributed by atoms with Crippen LogP contribution in [0.1, 0.15) is 30.0 Å². The van der Waals surface area contributed by atoms with Crippen LogP contribution in [0.2, 0.25) is 0 Å². The van der Waals surface area contributed by atoms with Crippen LogP contribution in [0.15, 0.2) is 48.5 Å². The summed E-state index contributed by atoms with van der Waals surface area (Å²) in [5.41, 5.74) is 4.98. The molecule has 120 valence electrons. The van der Waals surface area contributed by atoms with Crippen LogP contribution in [0.5, 0.6) is 0 Å². The van der Waals surface area contributed by atoms with E-state index in [1.807, 2.05) is 37.3 Å². The van der Waals surface area contributed by atoms with E-state index >= 15 is 0 Å². The number of aryl methyl sites for hydroxylation is 2. The normalized spacial score (nSPS) is 15.0. The zero-order valence-corrected chi connectivity index (χ0v) is 13.9. The molecule has 3 rings (SSSR count). The molecule has 0 saturated heterocycles. The third kappa shape index (κ3) is 3.55. The van der Waals surface area contributed by atoms with E-state index in [4.69, 9.17) is 0 Å². The van der Waals surface area contributed by atoms with E-state index in [1.54, 1.807) is 0 Å². The lowest BCUT2D eigenvalue weighted by molar-refractivity contribution is -0.122. The summed E-state index contributed by atoms with van der Waals surface area (Å²) in [4.78, 5) is 14.8. The molecule has 0 bridgehead atoms. The summed E-state index contributed by atoms with van der Waals surface area (Å²) in [5.74, 6) is 0.0854. The zero-order chi connectivity index (χ0) is 16.2. The summed E-state index contributed by atoms with van der Waals surface area (Å²) in [6, 6.07) is 16.4. The molecule has 0 unspecified atom stereocenters. The Bertz CT molecular complexity index is 681. The average molecular weight is 308 g/mol. The molecule has 23 heavy (non-hydrogen) atoms. The topological polar surface area (TPSA) is 32.3 Å². The number of carbonyl (C=O) groups excluding carboxylic acids is 1. The summed E-state index contributed by atoms with van der Waals surface area (Å²) in [6.45, 7) is 5.64. The van der Waals surface area contributed by atoms with Crippen molar-refractivity contribution in [2.75, 3.05) is 11.4 Å². The lowest BCUT2D eigenvalue weighted by Gasteiger charge is -2.35. The van der Waals surface area contributed by atoms with Gasteiger partial charge < -0.3 is 10.2 Å². The van der Waals surface area contributed by atoms with Gasteiger partial charge in [-0.1, -0.05) is 48.0 Å². The number of hydrogen-bond donors (Lipinski definition) is 1. The van der Waals surface area contributed by atoms with Crippen molar-refractivity contribution >= 4 is 11.6 Å². The smallest absolute Gasteiger partial charge is 0.242 e. The number of anilines is 1. The Hall–Kier alpha value is -2.29. The van der Waals surface area contributed by atoms with Crippen molar-refractivity contribution < 1.29 is 4.79 Å². The van der Waals surface area contributed by atoms with Gasteiger partial charge >= 0.3 is 0 Å². The van der Waals surface area contributed by atoms with E-state index in [1.165, 1.54) is 16.8 Å². The number of amides is 1. The molecule has 0 fully saturated rings. The Morgan fingerprint density at radius 1 is 1.22 bits per heavy atom. The minimum absolute atomic E-state index is 0.0854. The number of rotatable bonds is 4. The third-order valence-corrected chi connectivity index (χ3v) is 4.55. The monoisotopic (exact) mass is 308 g/mol. The number of nitrogens with one attached hydrogen (secondary N) is 1. The fraction of sp³-hybridized carbons (Fsp3) is 0.350. The molecule has 3 nitrogen and oxygen atoms in total. The summed E-state index contributed by atoms with van der Waals surface area (Å²) < 4.78 is 0. The molecule has 1 atom stereocenters. The van der Waals surface area contributed by atoms with E-state index in [-0.39, 0.29) is 11.9 Å². The zero-order valence-electron chi connectivity index (χ0n) is 13.9. The molecule has 3 heteroatoms. The van der Waals surface area contributed by atoms with Crippen LogP contribution in [0, 0.1) is 6.92 Å². The largest absolute Gasteiger partial charge is 0.360 e. The second kappa shape index (κ2) is 6.86. The van der Waals surface area contributed by atoms with Gasteiger partial charge in [0.25, 0.3) is 0 Å². The average Bonchev–Trinajstić information content (AvgIpc) is 2.59. The predicted octanol–water partition coefficient (Wildman–Crippen LogP) is 3.45. The minimum Gasteiger partial charge on any atom is -0.360 e. The first kappa shape index (κ1) is 15.6. The van der Waals surface area contributed by atoms with Crippen molar-refractivity contribution in [1.29, 1.82) is 0 Å². The van der Waals surface area contributed by atoms with E-state index in [0.717, 1.165) is 24.9 Å². The van der Waals surface area contributed by atoms with Crippen LogP contribution in [0.25, 0.3) is 0 Å². The number of carbonyl (C=O) groups is 1. The van der Waals surface area contributed by atoms with Crippen molar-refractivity contribution in [2.24, 2.45) is 0 Å². The highest BCUT2D eigenvalue weighted by molar-refractivity contribution is 5.85. The van der Waals surface area contributed by atoms with Gasteiger partial charge in [0.1, 0.15) is 6.04 Å². The van der Waals surface area contributed by atoms with Crippen LogP contribution < -0.4 is 10.2 Å². The summed E-state index contributed by atoms with van der Waals surface area (Å²) in [5, 5.41) is 3.06. The molecule has 0 spiro atoms. The molecule has 2 aromatic rings. The number of fused-ring (bicyclic) bond motifs is 1. The quantitative estimate of drug-likeness (QED) is 0.938. The van der Waals surface area contributed by atoms with E-state index < -0.39 is 0 Å². The van der Waals surface area contributed by atoms with Crippen molar-refractivity contribution in [3.05, 3.63) is 65.2 Å². The van der Waals surface area contributed by atoms with Crippen LogP contribution in [0.4, 0.5) is 5.69 Å². The molecule has 1 amide bonds. The first-order valence-electron chi connectivity index (χ1n) is 8.33. The summed E-state index contributed by atoms with van der Waals surface area (Å²) in [6.07, 6.45) is 2.21. The fourth-order valence-corrected chi connectivity index (χ4v) is 3.23. The van der Waals surface area contributed by atoms with E-state index in [0.29, 0.717) is 6.54 Å². The van der Waals surface area contributed by atoms with Gasteiger partial charge in [0.2, 0.25) is 5.91 Å². The van der Waals surface area contributed by atoms with Crippen LogP contribution in [-0.2, 0) is 17.8 Å². The molecule has 0 radical (unpaired) electrons. The maximum atomic E-state index is 12.5. The second-order valence-electron chi connectivity index (χ2n) is 6.31. The van der Waals surface area contributed by atoms with Crippen LogP contribution in [-0.4, -0.2) is 18.5 Å². The molecule has 1 aliphatic heterocycles. The van der Waals surface area contributed by atoms with Gasteiger partial charge in [0.15, 0.2) is 0 Å². The molecule has 0 aromatic heterocycles. The molecule has 1 heterocycles. The van der Waals surface area contributed by atoms with Crippen molar-refractivity contribution in [3.8, 4) is 0 Å². The van der Waals surface area contributed by atoms with Gasteiger partial charge in [0, 0.05) is 18.8 Å². The van der Waals surface area contributed by atoms with Gasteiger partial charge in [-0.3, -0.25) is 4.79 Å². The van der Waals surface area contributed by atoms with Gasteiger partial charge in [0.05, 0.1) is 0 Å². The maximum absolute atomic E-state index is 12.5. The summed E-state index contributed by atoms with van der Waals surface area (Å²) >= 11 is 0. The van der Waals surface area contributed by atoms with Gasteiger partial charge in [-0.2, -0.15) is 0 Å². The first-order chi connectivity index (χ1) is 11.1. The molecule has 1 N–H and O–H groups in total. The standard InChI is InChI=1S/C20H24N2O/c1-15-10-11-19-18(13-15)9-6-12-22(19)16(2)20(23)21-14-17-7-4-3-5-8-17/h3-5,7-8,10-11,13,16H,6,9,12,14H2,1-2H3,(H,21,23)/t16-/m1/s1. The van der Waals surface area contributed by atoms with Crippen molar-refractivity contribution in [1.82, 2.24) is 5.32 Å². The molecule has 2 aromatic carbocycles. The lowest BCUT2D eigenvalue weighted by Crippen LogP contribution is -2.47. The second-order valence-corrected chi connectivity index (χ2v) is 6.31. The van der Waals surface area contributed by atoms with Crippen molar-refractivity contribution in [2.45, 2.75) is 39.3 Å². The lowest BCUT2D eigenvalue weighted by atomic mass is 9.98. The Labute approximate surface area is 138 Å². The van der Waals surface area contributed by atoms with Gasteiger partial charge in [-0.05, 0) is 43.9 Å². The minimum atomic E-state index is -0.152. The number of nitrogens with zero attached hydrogens (tertiary/aromatic N) is 1. The van der Waals surface area contributed by atoms with Gasteiger partial charge in [-0.15, -0.1) is 0 Å². The maximum Gasteiger partial charge on any atom is 0.242 e. The molecule has 0 aliphatic carbocycles. The molecule has 0 saturated carbocycles. The SMILES string of the molecule is Cc1ccc2c(c1)CCCN2[C@H](C)C(=O)NCc1ccccc1. The molecular formula is C20H24N2O. The van der Waals surface area contributed by atoms with Crippen LogP contribution in [0.3, 0.4) is 0 Å². The third-order valence-electron chi connectivity index (χ3n) is 4.55. The molecule has 1 aliphatic rings. The Balaban J connectivity index is 1.68. The predicted molar refractivity (Wildman–Crippen MR) is 94.6 cm³/mol. The van der Waals surface area contributed by atoms with E-state index in [2.05, 4.69) is 35.3 Å². The number of benzene rings is 2. The highest BCUT2D eigenvalue weighted by atomic mass is 16.2. The Kier molecular flexibility index (Phi) is 4.65. The highest BCUT2D eigenvalue weighted by Gasteiger charge is 2.25. The Morgan fingerprint density at radius 2 is 2.00 bits per heavy atom. The Morgan fingerprint density at radius 3 is 2.78 bits per heavy atom. The van der Waals surface area contributed by atoms with Crippen molar-refractivity contribution in [3.63, 3.8) is 0 Å². The van der Waals surface area contributed by atoms with Gasteiger partial charge in [-0.25, -0.2) is 0 Å². The van der Waals surface area contributed by atoms with Crippen LogP contribution >= 0.6 is 0 Å². The number of hydrogen-bond acceptors (Lipinski definition) is 2. The fourth-order valence-electron chi connectivity index (χ4n) is 3.23.